The molecule has 1 N–H and O–H groups in total. The Hall–Kier alpha value is -1.55. The van der Waals surface area contributed by atoms with Gasteiger partial charge in [0.2, 0.25) is 6.23 Å². The van der Waals surface area contributed by atoms with Crippen LogP contribution in [0.15, 0.2) is 30.3 Å². The fourth-order valence-electron chi connectivity index (χ4n) is 1.07. The highest BCUT2D eigenvalue weighted by Gasteiger charge is 2.20. The fraction of sp³-hybridized carbons (Fsp3) is 0.300. The van der Waals surface area contributed by atoms with Crippen molar-refractivity contribution in [3.63, 3.8) is 0 Å². The van der Waals surface area contributed by atoms with Crippen molar-refractivity contribution in [3.8, 4) is 0 Å². The number of hydrogen-bond donors (Lipinski definition) is 1. The molecule has 1 aromatic carbocycles. The van der Waals surface area contributed by atoms with Gasteiger partial charge < -0.3 is 14.7 Å². The number of aliphatic hydroxyl groups is 1. The van der Waals surface area contributed by atoms with Crippen LogP contribution in [0.5, 0.6) is 0 Å². The monoisotopic (exact) mass is 195 g/mol. The summed E-state index contributed by atoms with van der Waals surface area (Å²) in [4.78, 5) is 12.4. The van der Waals surface area contributed by atoms with Gasteiger partial charge in [0.1, 0.15) is 0 Å². The van der Waals surface area contributed by atoms with Gasteiger partial charge in [0.25, 0.3) is 0 Å². The van der Waals surface area contributed by atoms with E-state index in [2.05, 4.69) is 4.74 Å². The molecular formula is C10H13NO3. The summed E-state index contributed by atoms with van der Waals surface area (Å²) < 4.78 is 4.42. The number of anilines is 1. The quantitative estimate of drug-likeness (QED) is 0.567. The lowest BCUT2D eigenvalue weighted by Crippen LogP contribution is -2.39. The Morgan fingerprint density at radius 1 is 1.43 bits per heavy atom. The van der Waals surface area contributed by atoms with Crippen LogP contribution in [0.1, 0.15) is 0 Å². The van der Waals surface area contributed by atoms with Crippen molar-refractivity contribution >= 4 is 11.7 Å². The van der Waals surface area contributed by atoms with Crippen LogP contribution in [0.3, 0.4) is 0 Å². The van der Waals surface area contributed by atoms with Crippen molar-refractivity contribution < 1.29 is 14.6 Å². The van der Waals surface area contributed by atoms with Gasteiger partial charge in [0.15, 0.2) is 0 Å². The highest BCUT2D eigenvalue weighted by atomic mass is 16.5. The van der Waals surface area contributed by atoms with Gasteiger partial charge in [-0.3, -0.25) is 0 Å². The predicted octanol–water partition coefficient (Wildman–Crippen LogP) is 0.614. The average molecular weight is 195 g/mol. The molecule has 0 aliphatic carbocycles. The van der Waals surface area contributed by atoms with Gasteiger partial charge in [0, 0.05) is 12.7 Å². The summed E-state index contributed by atoms with van der Waals surface area (Å²) in [5.41, 5.74) is 0.755. The molecule has 1 unspecified atom stereocenters. The molecule has 1 aromatic rings. The molecular weight excluding hydrogens is 182 g/mol. The summed E-state index contributed by atoms with van der Waals surface area (Å²) in [5.74, 6) is -0.670. The van der Waals surface area contributed by atoms with Crippen molar-refractivity contribution in [2.75, 3.05) is 19.1 Å². The van der Waals surface area contributed by atoms with Crippen LogP contribution in [-0.4, -0.2) is 31.5 Å². The number of carbonyl (C=O) groups excluding carboxylic acids is 1. The van der Waals surface area contributed by atoms with Crippen molar-refractivity contribution in [2.45, 2.75) is 6.23 Å². The Bertz CT molecular complexity index is 299. The molecule has 0 radical (unpaired) electrons. The Morgan fingerprint density at radius 3 is 2.50 bits per heavy atom. The normalized spacial score (nSPS) is 11.9. The van der Waals surface area contributed by atoms with E-state index in [4.69, 9.17) is 0 Å². The zero-order chi connectivity index (χ0) is 10.6. The molecule has 0 aliphatic heterocycles. The van der Waals surface area contributed by atoms with Crippen LogP contribution in [0.2, 0.25) is 0 Å². The summed E-state index contributed by atoms with van der Waals surface area (Å²) >= 11 is 0. The van der Waals surface area contributed by atoms with Gasteiger partial charge in [-0.15, -0.1) is 0 Å². The van der Waals surface area contributed by atoms with Crippen molar-refractivity contribution in [1.82, 2.24) is 0 Å². The number of benzene rings is 1. The Balaban J connectivity index is 2.75. The lowest BCUT2D eigenvalue weighted by Gasteiger charge is -2.23. The van der Waals surface area contributed by atoms with Crippen molar-refractivity contribution in [1.29, 1.82) is 0 Å². The first-order valence-corrected chi connectivity index (χ1v) is 4.20. The maximum Gasteiger partial charge on any atom is 0.356 e. The standard InChI is InChI=1S/C10H13NO3/c1-11(9(12)10(13)14-2)8-6-4-3-5-7-8/h3-7,9,12H,1-2H3. The Morgan fingerprint density at radius 2 is 2.00 bits per heavy atom. The molecule has 14 heavy (non-hydrogen) atoms. The van der Waals surface area contributed by atoms with E-state index >= 15 is 0 Å². The Labute approximate surface area is 82.7 Å². The molecule has 1 rings (SSSR count). The number of para-hydroxylation sites is 1. The average Bonchev–Trinajstić information content (AvgIpc) is 2.27. The minimum Gasteiger partial charge on any atom is -0.466 e. The van der Waals surface area contributed by atoms with E-state index in [1.165, 1.54) is 12.0 Å². The summed E-state index contributed by atoms with van der Waals surface area (Å²) in [6, 6.07) is 9.12. The number of esters is 1. The number of likely N-dealkylation sites (N-methyl/N-ethyl adjacent to an activating group) is 1. The Kier molecular flexibility index (Phi) is 3.48. The first-order valence-electron chi connectivity index (χ1n) is 4.20. The van der Waals surface area contributed by atoms with E-state index in [0.717, 1.165) is 5.69 Å². The van der Waals surface area contributed by atoms with E-state index in [-0.39, 0.29) is 0 Å². The van der Waals surface area contributed by atoms with Crippen LogP contribution >= 0.6 is 0 Å². The molecule has 4 nitrogen and oxygen atoms in total. The summed E-state index contributed by atoms with van der Waals surface area (Å²) in [7, 11) is 2.86. The summed E-state index contributed by atoms with van der Waals surface area (Å²) in [6.07, 6.45) is -1.26. The minimum absolute atomic E-state index is 0.670. The molecule has 0 fully saturated rings. The lowest BCUT2D eigenvalue weighted by atomic mass is 10.3. The zero-order valence-corrected chi connectivity index (χ0v) is 8.18. The number of hydrogen-bond acceptors (Lipinski definition) is 4. The van der Waals surface area contributed by atoms with E-state index in [0.29, 0.717) is 0 Å². The molecule has 0 heterocycles. The van der Waals surface area contributed by atoms with Gasteiger partial charge in [-0.05, 0) is 12.1 Å². The van der Waals surface area contributed by atoms with Crippen molar-refractivity contribution in [3.05, 3.63) is 30.3 Å². The largest absolute Gasteiger partial charge is 0.466 e. The minimum atomic E-state index is -1.26. The van der Waals surface area contributed by atoms with Crippen LogP contribution in [0.25, 0.3) is 0 Å². The number of methoxy groups -OCH3 is 1. The maximum absolute atomic E-state index is 11.0. The lowest BCUT2D eigenvalue weighted by molar-refractivity contribution is -0.150. The molecule has 0 saturated carbocycles. The molecule has 0 amide bonds. The number of rotatable bonds is 3. The molecule has 0 spiro atoms. The van der Waals surface area contributed by atoms with E-state index in [9.17, 15) is 9.90 Å². The first-order chi connectivity index (χ1) is 6.66. The molecule has 76 valence electrons. The fourth-order valence-corrected chi connectivity index (χ4v) is 1.07. The highest BCUT2D eigenvalue weighted by Crippen LogP contribution is 2.13. The van der Waals surface area contributed by atoms with Crippen LogP contribution in [-0.2, 0) is 9.53 Å². The van der Waals surface area contributed by atoms with Gasteiger partial charge in [0.05, 0.1) is 7.11 Å². The second kappa shape index (κ2) is 4.62. The number of ether oxygens (including phenoxy) is 1. The van der Waals surface area contributed by atoms with Crippen LogP contribution < -0.4 is 4.90 Å². The van der Waals surface area contributed by atoms with Crippen molar-refractivity contribution in [2.24, 2.45) is 0 Å². The second-order valence-electron chi connectivity index (χ2n) is 2.84. The third-order valence-electron chi connectivity index (χ3n) is 1.94. The van der Waals surface area contributed by atoms with Gasteiger partial charge in [-0.25, -0.2) is 4.79 Å². The molecule has 0 aliphatic rings. The summed E-state index contributed by atoms with van der Waals surface area (Å²) in [6.45, 7) is 0. The molecule has 0 bridgehead atoms. The topological polar surface area (TPSA) is 49.8 Å². The SMILES string of the molecule is COC(=O)C(O)N(C)c1ccccc1. The number of nitrogens with zero attached hydrogens (tertiary/aromatic N) is 1. The number of carbonyl (C=O) groups is 1. The maximum atomic E-state index is 11.0. The molecule has 4 heteroatoms. The van der Waals surface area contributed by atoms with Crippen LogP contribution in [0, 0.1) is 0 Å². The number of aliphatic hydroxyl groups excluding tert-OH is 1. The molecule has 1 atom stereocenters. The first kappa shape index (κ1) is 10.5. The van der Waals surface area contributed by atoms with Gasteiger partial charge >= 0.3 is 5.97 Å². The highest BCUT2D eigenvalue weighted by molar-refractivity contribution is 5.77. The third-order valence-corrected chi connectivity index (χ3v) is 1.94. The predicted molar refractivity (Wildman–Crippen MR) is 52.9 cm³/mol. The van der Waals surface area contributed by atoms with E-state index < -0.39 is 12.2 Å². The van der Waals surface area contributed by atoms with Gasteiger partial charge in [-0.2, -0.15) is 0 Å². The zero-order valence-electron chi connectivity index (χ0n) is 8.18. The van der Waals surface area contributed by atoms with Crippen LogP contribution in [0.4, 0.5) is 5.69 Å². The smallest absolute Gasteiger partial charge is 0.356 e. The molecule has 0 saturated heterocycles. The second-order valence-corrected chi connectivity index (χ2v) is 2.84. The summed E-state index contributed by atoms with van der Waals surface area (Å²) in [5, 5.41) is 9.49. The van der Waals surface area contributed by atoms with Gasteiger partial charge in [-0.1, -0.05) is 18.2 Å². The van der Waals surface area contributed by atoms with E-state index in [1.807, 2.05) is 18.2 Å². The van der Waals surface area contributed by atoms with E-state index in [1.54, 1.807) is 19.2 Å². The molecule has 0 aromatic heterocycles. The third kappa shape index (κ3) is 2.23.